The standard InChI is InChI=1S/C17H19N5/c1-21-10-4-6-14(21)12-22-16(13-5-2-8-18-11-13)20-15-7-3-9-19-17(15)22/h2-3,5,7-9,11,14H,4,6,10,12H2,1H3. The predicted molar refractivity (Wildman–Crippen MR) is 86.4 cm³/mol. The van der Waals surface area contributed by atoms with E-state index in [0.717, 1.165) is 29.1 Å². The average Bonchev–Trinajstić information content (AvgIpc) is 3.13. The summed E-state index contributed by atoms with van der Waals surface area (Å²) in [7, 11) is 2.20. The molecule has 0 aromatic carbocycles. The molecule has 3 aromatic heterocycles. The lowest BCUT2D eigenvalue weighted by molar-refractivity contribution is 0.284. The molecule has 0 bridgehead atoms. The zero-order valence-corrected chi connectivity index (χ0v) is 12.7. The Morgan fingerprint density at radius 2 is 2.14 bits per heavy atom. The van der Waals surface area contributed by atoms with E-state index in [1.165, 1.54) is 19.4 Å². The van der Waals surface area contributed by atoms with Crippen molar-refractivity contribution in [1.82, 2.24) is 24.4 Å². The second kappa shape index (κ2) is 5.50. The molecule has 1 fully saturated rings. The zero-order chi connectivity index (χ0) is 14.9. The van der Waals surface area contributed by atoms with E-state index in [1.807, 2.05) is 30.6 Å². The number of hydrogen-bond acceptors (Lipinski definition) is 4. The molecule has 4 heterocycles. The highest BCUT2D eigenvalue weighted by Gasteiger charge is 2.24. The van der Waals surface area contributed by atoms with Crippen LogP contribution in [0.2, 0.25) is 0 Å². The molecule has 0 radical (unpaired) electrons. The van der Waals surface area contributed by atoms with Crippen molar-refractivity contribution < 1.29 is 0 Å². The van der Waals surface area contributed by atoms with Crippen LogP contribution in [0.25, 0.3) is 22.6 Å². The number of hydrogen-bond donors (Lipinski definition) is 0. The highest BCUT2D eigenvalue weighted by molar-refractivity contribution is 5.76. The zero-order valence-electron chi connectivity index (χ0n) is 12.7. The van der Waals surface area contributed by atoms with Crippen molar-refractivity contribution in [2.75, 3.05) is 13.6 Å². The van der Waals surface area contributed by atoms with E-state index in [1.54, 1.807) is 6.20 Å². The summed E-state index contributed by atoms with van der Waals surface area (Å²) in [6.45, 7) is 2.10. The largest absolute Gasteiger partial charge is 0.307 e. The Morgan fingerprint density at radius 1 is 1.23 bits per heavy atom. The maximum atomic E-state index is 4.79. The molecule has 22 heavy (non-hydrogen) atoms. The number of likely N-dealkylation sites (tertiary alicyclic amines) is 1. The average molecular weight is 293 g/mol. The number of aromatic nitrogens is 4. The molecule has 4 rings (SSSR count). The number of nitrogens with zero attached hydrogens (tertiary/aromatic N) is 5. The van der Waals surface area contributed by atoms with Gasteiger partial charge in [-0.15, -0.1) is 0 Å². The van der Waals surface area contributed by atoms with Crippen LogP contribution in [-0.4, -0.2) is 44.1 Å². The van der Waals surface area contributed by atoms with Crippen LogP contribution in [0.1, 0.15) is 12.8 Å². The third-order valence-electron chi connectivity index (χ3n) is 4.49. The second-order valence-electron chi connectivity index (χ2n) is 5.91. The first-order chi connectivity index (χ1) is 10.8. The minimum absolute atomic E-state index is 0.551. The molecule has 5 nitrogen and oxygen atoms in total. The fourth-order valence-corrected chi connectivity index (χ4v) is 3.27. The van der Waals surface area contributed by atoms with Gasteiger partial charge >= 0.3 is 0 Å². The molecule has 0 N–H and O–H groups in total. The molecule has 5 heteroatoms. The fourth-order valence-electron chi connectivity index (χ4n) is 3.27. The lowest BCUT2D eigenvalue weighted by Gasteiger charge is -2.21. The summed E-state index contributed by atoms with van der Waals surface area (Å²) in [4.78, 5) is 16.0. The molecule has 3 aromatic rings. The van der Waals surface area contributed by atoms with Crippen LogP contribution in [0, 0.1) is 0 Å². The number of likely N-dealkylation sites (N-methyl/N-ethyl adjacent to an activating group) is 1. The van der Waals surface area contributed by atoms with Crippen LogP contribution in [-0.2, 0) is 6.54 Å². The van der Waals surface area contributed by atoms with E-state index < -0.39 is 0 Å². The monoisotopic (exact) mass is 293 g/mol. The summed E-state index contributed by atoms with van der Waals surface area (Å²) >= 11 is 0. The van der Waals surface area contributed by atoms with Crippen molar-refractivity contribution in [3.8, 4) is 11.4 Å². The number of imidazole rings is 1. The molecular formula is C17H19N5. The summed E-state index contributed by atoms with van der Waals surface area (Å²) in [5.74, 6) is 0.960. The van der Waals surface area contributed by atoms with Crippen LogP contribution in [0.15, 0.2) is 42.9 Å². The van der Waals surface area contributed by atoms with Gasteiger partial charge in [0.25, 0.3) is 0 Å². The van der Waals surface area contributed by atoms with E-state index in [4.69, 9.17) is 4.98 Å². The molecule has 0 amide bonds. The maximum Gasteiger partial charge on any atom is 0.160 e. The Hall–Kier alpha value is -2.27. The van der Waals surface area contributed by atoms with Crippen molar-refractivity contribution in [3.63, 3.8) is 0 Å². The van der Waals surface area contributed by atoms with Gasteiger partial charge in [-0.3, -0.25) is 4.98 Å². The van der Waals surface area contributed by atoms with E-state index in [2.05, 4.69) is 32.5 Å². The van der Waals surface area contributed by atoms with Crippen molar-refractivity contribution in [1.29, 1.82) is 0 Å². The third kappa shape index (κ3) is 2.27. The summed E-state index contributed by atoms with van der Waals surface area (Å²) in [5.41, 5.74) is 2.95. The van der Waals surface area contributed by atoms with Crippen molar-refractivity contribution in [3.05, 3.63) is 42.9 Å². The Balaban J connectivity index is 1.83. The van der Waals surface area contributed by atoms with E-state index in [-0.39, 0.29) is 0 Å². The summed E-state index contributed by atoms with van der Waals surface area (Å²) in [5, 5.41) is 0. The quantitative estimate of drug-likeness (QED) is 0.744. The second-order valence-corrected chi connectivity index (χ2v) is 5.91. The Labute approximate surface area is 129 Å². The molecular weight excluding hydrogens is 274 g/mol. The van der Waals surface area contributed by atoms with Gasteiger partial charge < -0.3 is 9.47 Å². The van der Waals surface area contributed by atoms with Gasteiger partial charge in [-0.25, -0.2) is 9.97 Å². The lowest BCUT2D eigenvalue weighted by atomic mass is 10.2. The SMILES string of the molecule is CN1CCCC1Cn1c(-c2cccnc2)nc2cccnc21. The summed E-state index contributed by atoms with van der Waals surface area (Å²) in [6.07, 6.45) is 8.00. The first-order valence-electron chi connectivity index (χ1n) is 7.75. The van der Waals surface area contributed by atoms with Crippen LogP contribution in [0.4, 0.5) is 0 Å². The van der Waals surface area contributed by atoms with Gasteiger partial charge in [-0.1, -0.05) is 0 Å². The molecule has 0 aliphatic carbocycles. The Kier molecular flexibility index (Phi) is 3.35. The predicted octanol–water partition coefficient (Wildman–Crippen LogP) is 2.59. The van der Waals surface area contributed by atoms with E-state index in [0.29, 0.717) is 6.04 Å². The maximum absolute atomic E-state index is 4.79. The highest BCUT2D eigenvalue weighted by atomic mass is 15.2. The van der Waals surface area contributed by atoms with E-state index in [9.17, 15) is 0 Å². The molecule has 1 aliphatic heterocycles. The first-order valence-corrected chi connectivity index (χ1v) is 7.75. The van der Waals surface area contributed by atoms with Gasteiger partial charge in [-0.2, -0.15) is 0 Å². The smallest absolute Gasteiger partial charge is 0.160 e. The van der Waals surface area contributed by atoms with Gasteiger partial charge in [0.15, 0.2) is 5.65 Å². The minimum Gasteiger partial charge on any atom is -0.307 e. The van der Waals surface area contributed by atoms with Gasteiger partial charge in [0.1, 0.15) is 11.3 Å². The molecule has 1 aliphatic rings. The Bertz CT molecular complexity index is 780. The molecule has 112 valence electrons. The summed E-state index contributed by atoms with van der Waals surface area (Å²) < 4.78 is 2.25. The summed E-state index contributed by atoms with van der Waals surface area (Å²) in [6, 6.07) is 8.53. The highest BCUT2D eigenvalue weighted by Crippen LogP contribution is 2.26. The van der Waals surface area contributed by atoms with Crippen molar-refractivity contribution >= 4 is 11.2 Å². The lowest BCUT2D eigenvalue weighted by Crippen LogP contribution is -2.29. The number of rotatable bonds is 3. The third-order valence-corrected chi connectivity index (χ3v) is 4.49. The number of fused-ring (bicyclic) bond motifs is 1. The topological polar surface area (TPSA) is 46.8 Å². The minimum atomic E-state index is 0.551. The molecule has 0 saturated carbocycles. The fraction of sp³-hybridized carbons (Fsp3) is 0.353. The van der Waals surface area contributed by atoms with Gasteiger partial charge in [0.05, 0.1) is 0 Å². The normalized spacial score (nSPS) is 19.0. The number of pyridine rings is 2. The van der Waals surface area contributed by atoms with Crippen LogP contribution in [0.5, 0.6) is 0 Å². The van der Waals surface area contributed by atoms with E-state index >= 15 is 0 Å². The molecule has 1 atom stereocenters. The van der Waals surface area contributed by atoms with Crippen molar-refractivity contribution in [2.24, 2.45) is 0 Å². The molecule has 1 saturated heterocycles. The van der Waals surface area contributed by atoms with Crippen LogP contribution < -0.4 is 0 Å². The molecule has 0 spiro atoms. The van der Waals surface area contributed by atoms with Crippen LogP contribution >= 0.6 is 0 Å². The van der Waals surface area contributed by atoms with Crippen LogP contribution in [0.3, 0.4) is 0 Å². The van der Waals surface area contributed by atoms with Gasteiger partial charge in [-0.05, 0) is 50.7 Å². The van der Waals surface area contributed by atoms with Gasteiger partial charge in [0.2, 0.25) is 0 Å². The molecule has 1 unspecified atom stereocenters. The first kappa shape index (κ1) is 13.4. The Morgan fingerprint density at radius 3 is 2.91 bits per heavy atom. The van der Waals surface area contributed by atoms with Gasteiger partial charge in [0, 0.05) is 36.7 Å². The van der Waals surface area contributed by atoms with Crippen molar-refractivity contribution in [2.45, 2.75) is 25.4 Å².